The van der Waals surface area contributed by atoms with Gasteiger partial charge in [-0.2, -0.15) is 0 Å². The van der Waals surface area contributed by atoms with Crippen LogP contribution in [0.2, 0.25) is 5.02 Å². The second-order valence-electron chi connectivity index (χ2n) is 1.60. The molecule has 1 N–H and O–H groups in total. The van der Waals surface area contributed by atoms with Gasteiger partial charge in [-0.05, 0) is 34.1 Å². The predicted molar refractivity (Wildman–Crippen MR) is 52.2 cm³/mol. The Kier molecular flexibility index (Phi) is 5.34. The monoisotopic (exact) mass is 236 g/mol. The Morgan fingerprint density at radius 1 is 1.36 bits per heavy atom. The fraction of sp³-hybridized carbons (Fsp3) is 0.250. The maximum absolute atomic E-state index is 8.94. The third kappa shape index (κ3) is 3.63. The second-order valence-corrected chi connectivity index (χ2v) is 2.89. The van der Waals surface area contributed by atoms with E-state index in [4.69, 9.17) is 16.7 Å². The maximum atomic E-state index is 8.94. The molecule has 1 aromatic rings. The molecule has 0 saturated carbocycles. The molecule has 1 aromatic carbocycles. The molecule has 0 aliphatic rings. The van der Waals surface area contributed by atoms with E-state index in [1.807, 2.05) is 13.8 Å². The summed E-state index contributed by atoms with van der Waals surface area (Å²) in [6.07, 6.45) is 0. The van der Waals surface area contributed by atoms with Gasteiger partial charge in [0.05, 0.1) is 4.47 Å². The molecule has 0 heterocycles. The number of phenolic OH excluding ortho intramolecular Hbond substituents is 1. The van der Waals surface area contributed by atoms with E-state index < -0.39 is 0 Å². The van der Waals surface area contributed by atoms with E-state index in [9.17, 15) is 0 Å². The maximum Gasteiger partial charge on any atom is 0.129 e. The lowest BCUT2D eigenvalue weighted by Gasteiger charge is -1.94. The van der Waals surface area contributed by atoms with Crippen LogP contribution in [0.5, 0.6) is 5.75 Å². The average molecular weight is 238 g/mol. The van der Waals surface area contributed by atoms with E-state index in [1.54, 1.807) is 12.1 Å². The van der Waals surface area contributed by atoms with Crippen LogP contribution in [0, 0.1) is 0 Å². The summed E-state index contributed by atoms with van der Waals surface area (Å²) in [6.45, 7) is 4.00. The minimum absolute atomic E-state index is 0.208. The molecule has 0 saturated heterocycles. The molecule has 11 heavy (non-hydrogen) atoms. The number of hydrogen-bond acceptors (Lipinski definition) is 1. The predicted octanol–water partition coefficient (Wildman–Crippen LogP) is 3.83. The van der Waals surface area contributed by atoms with Gasteiger partial charge in [0.25, 0.3) is 0 Å². The van der Waals surface area contributed by atoms with Crippen LogP contribution in [0.3, 0.4) is 0 Å². The van der Waals surface area contributed by atoms with E-state index in [-0.39, 0.29) is 5.75 Å². The Balaban J connectivity index is 0.000000461. The largest absolute Gasteiger partial charge is 0.507 e. The summed E-state index contributed by atoms with van der Waals surface area (Å²) in [4.78, 5) is 0. The first kappa shape index (κ1) is 10.8. The summed E-state index contributed by atoms with van der Waals surface area (Å²) in [5.74, 6) is 0.208. The quantitative estimate of drug-likeness (QED) is 0.727. The minimum atomic E-state index is 0.208. The van der Waals surface area contributed by atoms with Crippen molar-refractivity contribution in [2.45, 2.75) is 13.8 Å². The van der Waals surface area contributed by atoms with Gasteiger partial charge >= 0.3 is 0 Å². The highest BCUT2D eigenvalue weighted by Crippen LogP contribution is 2.25. The van der Waals surface area contributed by atoms with Gasteiger partial charge in [0.1, 0.15) is 5.75 Å². The zero-order valence-electron chi connectivity index (χ0n) is 6.44. The number of hydrogen-bond donors (Lipinski definition) is 1. The van der Waals surface area contributed by atoms with Crippen LogP contribution < -0.4 is 0 Å². The van der Waals surface area contributed by atoms with Crippen molar-refractivity contribution in [3.63, 3.8) is 0 Å². The molecule has 0 aliphatic carbocycles. The molecule has 62 valence electrons. The van der Waals surface area contributed by atoms with E-state index in [2.05, 4.69) is 15.9 Å². The normalized spacial score (nSPS) is 8.36. The van der Waals surface area contributed by atoms with Gasteiger partial charge in [0.2, 0.25) is 0 Å². The van der Waals surface area contributed by atoms with E-state index >= 15 is 0 Å². The molecule has 0 radical (unpaired) electrons. The van der Waals surface area contributed by atoms with Gasteiger partial charge in [-0.1, -0.05) is 25.4 Å². The van der Waals surface area contributed by atoms with Crippen LogP contribution in [-0.2, 0) is 0 Å². The van der Waals surface area contributed by atoms with Crippen molar-refractivity contribution in [2.75, 3.05) is 0 Å². The van der Waals surface area contributed by atoms with Crippen LogP contribution in [0.4, 0.5) is 0 Å². The highest BCUT2D eigenvalue weighted by atomic mass is 79.9. The van der Waals surface area contributed by atoms with Gasteiger partial charge < -0.3 is 5.11 Å². The third-order valence-corrected chi connectivity index (χ3v) is 1.78. The van der Waals surface area contributed by atoms with Gasteiger partial charge in [0, 0.05) is 5.02 Å². The van der Waals surface area contributed by atoms with Gasteiger partial charge in [-0.3, -0.25) is 0 Å². The smallest absolute Gasteiger partial charge is 0.129 e. The number of rotatable bonds is 0. The van der Waals surface area contributed by atoms with Crippen LogP contribution in [-0.4, -0.2) is 5.11 Å². The molecule has 0 bridgehead atoms. The highest BCUT2D eigenvalue weighted by Gasteiger charge is 1.95. The van der Waals surface area contributed by atoms with Crippen LogP contribution in [0.15, 0.2) is 22.7 Å². The van der Waals surface area contributed by atoms with E-state index in [0.717, 1.165) is 0 Å². The van der Waals surface area contributed by atoms with Crippen LogP contribution in [0.1, 0.15) is 13.8 Å². The lowest BCUT2D eigenvalue weighted by molar-refractivity contribution is 0.472. The lowest BCUT2D eigenvalue weighted by Crippen LogP contribution is -1.66. The molecule has 0 atom stereocenters. The Morgan fingerprint density at radius 3 is 2.27 bits per heavy atom. The summed E-state index contributed by atoms with van der Waals surface area (Å²) >= 11 is 8.69. The molecule has 3 heteroatoms. The first-order chi connectivity index (χ1) is 5.20. The lowest BCUT2D eigenvalue weighted by atomic mass is 10.3. The van der Waals surface area contributed by atoms with Crippen LogP contribution in [0.25, 0.3) is 0 Å². The van der Waals surface area contributed by atoms with E-state index in [0.29, 0.717) is 9.50 Å². The van der Waals surface area contributed by atoms with Crippen molar-refractivity contribution in [1.29, 1.82) is 0 Å². The van der Waals surface area contributed by atoms with Crippen molar-refractivity contribution in [1.82, 2.24) is 0 Å². The molecule has 0 amide bonds. The summed E-state index contributed by atoms with van der Waals surface area (Å²) in [5.41, 5.74) is 0. The Labute approximate surface area is 80.1 Å². The fourth-order valence-electron chi connectivity index (χ4n) is 0.481. The summed E-state index contributed by atoms with van der Waals surface area (Å²) in [6, 6.07) is 4.80. The zero-order valence-corrected chi connectivity index (χ0v) is 8.78. The van der Waals surface area contributed by atoms with Crippen molar-refractivity contribution in [3.05, 3.63) is 27.7 Å². The number of halogens is 2. The molecule has 1 nitrogen and oxygen atoms in total. The molecule has 0 aromatic heterocycles. The van der Waals surface area contributed by atoms with Crippen molar-refractivity contribution in [2.24, 2.45) is 0 Å². The summed E-state index contributed by atoms with van der Waals surface area (Å²) in [5, 5.41) is 9.55. The third-order valence-electron chi connectivity index (χ3n) is 0.910. The molecule has 1 rings (SSSR count). The molecule has 0 unspecified atom stereocenters. The summed E-state index contributed by atoms with van der Waals surface area (Å²) < 4.78 is 0.620. The van der Waals surface area contributed by atoms with Crippen molar-refractivity contribution < 1.29 is 5.11 Å². The minimum Gasteiger partial charge on any atom is -0.507 e. The average Bonchev–Trinajstić information content (AvgIpc) is 2.02. The van der Waals surface area contributed by atoms with Gasteiger partial charge in [-0.15, -0.1) is 0 Å². The summed E-state index contributed by atoms with van der Waals surface area (Å²) in [7, 11) is 0. The van der Waals surface area contributed by atoms with Gasteiger partial charge in [0.15, 0.2) is 0 Å². The SMILES string of the molecule is CC.Oc1ccc(Cl)cc1Br. The number of aromatic hydroxyl groups is 1. The molecule has 0 spiro atoms. The Morgan fingerprint density at radius 2 is 1.91 bits per heavy atom. The molecular formula is C8H10BrClO. The van der Waals surface area contributed by atoms with Crippen molar-refractivity contribution >= 4 is 27.5 Å². The molecular weight excluding hydrogens is 227 g/mol. The van der Waals surface area contributed by atoms with Crippen LogP contribution >= 0.6 is 27.5 Å². The first-order valence-electron chi connectivity index (χ1n) is 3.34. The van der Waals surface area contributed by atoms with E-state index in [1.165, 1.54) is 6.07 Å². The molecule has 0 fully saturated rings. The number of phenols is 1. The fourth-order valence-corrected chi connectivity index (χ4v) is 1.16. The number of benzene rings is 1. The molecule has 0 aliphatic heterocycles. The van der Waals surface area contributed by atoms with Gasteiger partial charge in [-0.25, -0.2) is 0 Å². The standard InChI is InChI=1S/C6H4BrClO.C2H6/c7-5-3-4(8)1-2-6(5)9;1-2/h1-3,9H;1-2H3. The first-order valence-corrected chi connectivity index (χ1v) is 4.51. The Bertz CT molecular complexity index is 225. The zero-order chi connectivity index (χ0) is 8.85. The topological polar surface area (TPSA) is 20.2 Å². The highest BCUT2D eigenvalue weighted by molar-refractivity contribution is 9.10. The van der Waals surface area contributed by atoms with Crippen molar-refractivity contribution in [3.8, 4) is 5.75 Å². The second kappa shape index (κ2) is 5.44. The Hall–Kier alpha value is -0.210.